The number of benzene rings is 2. The number of ether oxygens (including phenoxy) is 1. The van der Waals surface area contributed by atoms with Crippen LogP contribution in [0.15, 0.2) is 36.4 Å². The summed E-state index contributed by atoms with van der Waals surface area (Å²) in [6, 6.07) is 10.4. The number of likely N-dealkylation sites (tertiary alicyclic amines) is 1. The van der Waals surface area contributed by atoms with Gasteiger partial charge in [-0.25, -0.2) is 0 Å². The number of halogens is 1. The normalized spacial score (nSPS) is 17.3. The third-order valence-electron chi connectivity index (χ3n) is 5.76. The van der Waals surface area contributed by atoms with Crippen molar-refractivity contribution in [2.75, 3.05) is 18.4 Å². The molecule has 2 aromatic rings. The first-order valence-electron chi connectivity index (χ1n) is 9.96. The van der Waals surface area contributed by atoms with Crippen LogP contribution in [-0.4, -0.2) is 41.2 Å². The van der Waals surface area contributed by atoms with Crippen molar-refractivity contribution < 1.29 is 19.1 Å². The van der Waals surface area contributed by atoms with E-state index < -0.39 is 5.60 Å². The summed E-state index contributed by atoms with van der Waals surface area (Å²) in [7, 11) is 0. The number of amides is 2. The summed E-state index contributed by atoms with van der Waals surface area (Å²) in [5.41, 5.74) is 1.93. The van der Waals surface area contributed by atoms with Gasteiger partial charge in [-0.3, -0.25) is 14.4 Å². The topological polar surface area (TPSA) is 75.7 Å². The van der Waals surface area contributed by atoms with E-state index >= 15 is 0 Å². The highest BCUT2D eigenvalue weighted by Crippen LogP contribution is 2.41. The number of piperidine rings is 1. The number of nitrogens with one attached hydrogen (secondary N) is 1. The van der Waals surface area contributed by atoms with E-state index in [2.05, 4.69) is 5.32 Å². The minimum Gasteiger partial charge on any atom is -0.486 e. The van der Waals surface area contributed by atoms with Crippen LogP contribution < -0.4 is 10.1 Å². The van der Waals surface area contributed by atoms with E-state index in [1.54, 1.807) is 35.2 Å². The zero-order valence-electron chi connectivity index (χ0n) is 17.0. The average molecular weight is 427 g/mol. The average Bonchev–Trinajstić information content (AvgIpc) is 2.69. The minimum atomic E-state index is -0.584. The SMILES string of the molecule is CC(=O)Nc1cccc(C(=O)N2CCC3(CC2)CC(=O)c2cc(Cl)c(C)cc2O3)c1. The van der Waals surface area contributed by atoms with Crippen molar-refractivity contribution in [3.8, 4) is 5.75 Å². The molecule has 4 rings (SSSR count). The van der Waals surface area contributed by atoms with Crippen LogP contribution in [0.4, 0.5) is 5.69 Å². The van der Waals surface area contributed by atoms with Gasteiger partial charge in [-0.15, -0.1) is 0 Å². The number of hydrogen-bond donors (Lipinski definition) is 1. The van der Waals surface area contributed by atoms with E-state index in [-0.39, 0.29) is 17.6 Å². The van der Waals surface area contributed by atoms with Gasteiger partial charge in [0.05, 0.1) is 12.0 Å². The number of rotatable bonds is 2. The van der Waals surface area contributed by atoms with Gasteiger partial charge in [-0.05, 0) is 42.8 Å². The first-order valence-corrected chi connectivity index (χ1v) is 10.3. The van der Waals surface area contributed by atoms with Gasteiger partial charge in [0, 0.05) is 49.1 Å². The van der Waals surface area contributed by atoms with Crippen LogP contribution >= 0.6 is 11.6 Å². The molecule has 30 heavy (non-hydrogen) atoms. The molecule has 1 spiro atoms. The summed E-state index contributed by atoms with van der Waals surface area (Å²) < 4.78 is 6.30. The Labute approximate surface area is 180 Å². The van der Waals surface area contributed by atoms with Crippen molar-refractivity contribution in [3.63, 3.8) is 0 Å². The number of aryl methyl sites for hydroxylation is 1. The van der Waals surface area contributed by atoms with Crippen LogP contribution in [0.1, 0.15) is 52.5 Å². The third kappa shape index (κ3) is 3.92. The standard InChI is InChI=1S/C23H23ClN2O4/c1-14-10-21-18(12-19(14)24)20(28)13-23(30-21)6-8-26(9-7-23)22(29)16-4-3-5-17(11-16)25-15(2)27/h3-5,10-12H,6-9,13H2,1-2H3,(H,25,27). The summed E-state index contributed by atoms with van der Waals surface area (Å²) >= 11 is 6.16. The van der Waals surface area contributed by atoms with Gasteiger partial charge in [0.25, 0.3) is 5.91 Å². The van der Waals surface area contributed by atoms with E-state index in [1.165, 1.54) is 6.92 Å². The van der Waals surface area contributed by atoms with Gasteiger partial charge in [-0.2, -0.15) is 0 Å². The maximum Gasteiger partial charge on any atom is 0.253 e. The number of carbonyl (C=O) groups is 3. The molecule has 0 atom stereocenters. The van der Waals surface area contributed by atoms with Crippen LogP contribution in [0.5, 0.6) is 5.75 Å². The fraction of sp³-hybridized carbons (Fsp3) is 0.348. The lowest BCUT2D eigenvalue weighted by atomic mass is 9.82. The number of Topliss-reactive ketones (excluding diaryl/α,β-unsaturated/α-hetero) is 1. The van der Waals surface area contributed by atoms with E-state index in [0.29, 0.717) is 59.9 Å². The fourth-order valence-corrected chi connectivity index (χ4v) is 4.29. The van der Waals surface area contributed by atoms with Crippen LogP contribution in [0, 0.1) is 6.92 Å². The molecule has 0 aliphatic carbocycles. The second-order valence-electron chi connectivity index (χ2n) is 8.04. The fourth-order valence-electron chi connectivity index (χ4n) is 4.13. The number of ketones is 1. The number of nitrogens with zero attached hydrogens (tertiary/aromatic N) is 1. The zero-order chi connectivity index (χ0) is 21.5. The summed E-state index contributed by atoms with van der Waals surface area (Å²) in [5.74, 6) is 0.328. The van der Waals surface area contributed by atoms with Gasteiger partial charge in [0.2, 0.25) is 5.91 Å². The largest absolute Gasteiger partial charge is 0.486 e. The Morgan fingerprint density at radius 3 is 2.60 bits per heavy atom. The van der Waals surface area contributed by atoms with Crippen LogP contribution in [0.2, 0.25) is 5.02 Å². The molecule has 2 aliphatic rings. The molecule has 0 aromatic heterocycles. The van der Waals surface area contributed by atoms with E-state index in [9.17, 15) is 14.4 Å². The molecule has 1 saturated heterocycles. The minimum absolute atomic E-state index is 0.0286. The summed E-state index contributed by atoms with van der Waals surface area (Å²) in [6.45, 7) is 4.31. The lowest BCUT2D eigenvalue weighted by Gasteiger charge is -2.44. The Balaban J connectivity index is 1.47. The van der Waals surface area contributed by atoms with Gasteiger partial charge in [0.15, 0.2) is 5.78 Å². The highest BCUT2D eigenvalue weighted by atomic mass is 35.5. The lowest BCUT2D eigenvalue weighted by molar-refractivity contribution is -0.114. The van der Waals surface area contributed by atoms with Crippen molar-refractivity contribution in [2.24, 2.45) is 0 Å². The van der Waals surface area contributed by atoms with Crippen molar-refractivity contribution in [3.05, 3.63) is 58.1 Å². The van der Waals surface area contributed by atoms with Crippen molar-refractivity contribution in [1.82, 2.24) is 4.90 Å². The molecule has 156 valence electrons. The highest BCUT2D eigenvalue weighted by molar-refractivity contribution is 6.31. The van der Waals surface area contributed by atoms with Crippen LogP contribution in [-0.2, 0) is 4.79 Å². The van der Waals surface area contributed by atoms with Crippen LogP contribution in [0.25, 0.3) is 0 Å². The second-order valence-corrected chi connectivity index (χ2v) is 8.44. The molecular formula is C23H23ClN2O4. The predicted octanol–water partition coefficient (Wildman–Crippen LogP) is 4.25. The molecule has 0 bridgehead atoms. The van der Waals surface area contributed by atoms with E-state index in [0.717, 1.165) is 5.56 Å². The van der Waals surface area contributed by atoms with Gasteiger partial charge >= 0.3 is 0 Å². The monoisotopic (exact) mass is 426 g/mol. The first-order chi connectivity index (χ1) is 14.3. The molecule has 0 saturated carbocycles. The zero-order valence-corrected chi connectivity index (χ0v) is 17.7. The molecular weight excluding hydrogens is 404 g/mol. The van der Waals surface area contributed by atoms with Gasteiger partial charge in [0.1, 0.15) is 11.4 Å². The molecule has 1 fully saturated rings. The molecule has 2 aromatic carbocycles. The summed E-state index contributed by atoms with van der Waals surface area (Å²) in [6.07, 6.45) is 1.45. The van der Waals surface area contributed by atoms with Gasteiger partial charge in [-0.1, -0.05) is 17.7 Å². The quantitative estimate of drug-likeness (QED) is 0.779. The second kappa shape index (κ2) is 7.76. The third-order valence-corrected chi connectivity index (χ3v) is 6.17. The Hall–Kier alpha value is -2.86. The first kappa shape index (κ1) is 20.4. The number of carbonyl (C=O) groups excluding carboxylic acids is 3. The van der Waals surface area contributed by atoms with E-state index in [4.69, 9.17) is 16.3 Å². The van der Waals surface area contributed by atoms with Gasteiger partial charge < -0.3 is 15.0 Å². The maximum absolute atomic E-state index is 12.9. The Morgan fingerprint density at radius 1 is 1.17 bits per heavy atom. The molecule has 0 radical (unpaired) electrons. The Kier molecular flexibility index (Phi) is 5.28. The highest BCUT2D eigenvalue weighted by Gasteiger charge is 2.44. The maximum atomic E-state index is 12.9. The van der Waals surface area contributed by atoms with Crippen LogP contribution in [0.3, 0.4) is 0 Å². The summed E-state index contributed by atoms with van der Waals surface area (Å²) in [4.78, 5) is 38.7. The number of fused-ring (bicyclic) bond motifs is 1. The molecule has 1 N–H and O–H groups in total. The molecule has 7 heteroatoms. The lowest BCUT2D eigenvalue weighted by Crippen LogP contribution is -2.52. The van der Waals surface area contributed by atoms with Crippen molar-refractivity contribution in [2.45, 2.75) is 38.7 Å². The molecule has 2 heterocycles. The van der Waals surface area contributed by atoms with E-state index in [1.807, 2.05) is 13.0 Å². The predicted molar refractivity (Wildman–Crippen MR) is 114 cm³/mol. The van der Waals surface area contributed by atoms with Crippen molar-refractivity contribution >= 4 is 34.9 Å². The molecule has 2 amide bonds. The Morgan fingerprint density at radius 2 is 1.90 bits per heavy atom. The smallest absolute Gasteiger partial charge is 0.253 e. The molecule has 6 nitrogen and oxygen atoms in total. The van der Waals surface area contributed by atoms with Crippen molar-refractivity contribution in [1.29, 1.82) is 0 Å². The number of hydrogen-bond acceptors (Lipinski definition) is 4. The molecule has 2 aliphatic heterocycles. The molecule has 0 unspecified atom stereocenters. The summed E-state index contributed by atoms with van der Waals surface area (Å²) in [5, 5.41) is 3.25. The number of anilines is 1. The Bertz CT molecular complexity index is 1040.